The summed E-state index contributed by atoms with van der Waals surface area (Å²) in [6.45, 7) is 7.75. The topological polar surface area (TPSA) is 24.5 Å². The average Bonchev–Trinajstić information content (AvgIpc) is 2.46. The fourth-order valence-electron chi connectivity index (χ4n) is 2.63. The molecule has 0 atom stereocenters. The zero-order valence-corrected chi connectivity index (χ0v) is 13.2. The molecular weight excluding hydrogens is 272 g/mol. The monoisotopic (exact) mass is 296 g/mol. The summed E-state index contributed by atoms with van der Waals surface area (Å²) < 4.78 is 5.35. The van der Waals surface area contributed by atoms with E-state index in [0.717, 1.165) is 41.9 Å². The van der Waals surface area contributed by atoms with Gasteiger partial charge in [-0.2, -0.15) is 0 Å². The molecule has 0 unspecified atom stereocenters. The quantitative estimate of drug-likeness (QED) is 0.816. The van der Waals surface area contributed by atoms with Gasteiger partial charge in [-0.25, -0.2) is 0 Å². The number of halogens is 1. The van der Waals surface area contributed by atoms with Crippen molar-refractivity contribution in [2.45, 2.75) is 26.3 Å². The van der Waals surface area contributed by atoms with Crippen LogP contribution in [0.2, 0.25) is 5.02 Å². The zero-order valence-electron chi connectivity index (χ0n) is 12.5. The highest BCUT2D eigenvalue weighted by atomic mass is 35.5. The first-order valence-corrected chi connectivity index (χ1v) is 7.82. The maximum atomic E-state index is 6.03. The van der Waals surface area contributed by atoms with E-state index in [1.807, 2.05) is 18.2 Å². The van der Waals surface area contributed by atoms with Crippen LogP contribution in [0.1, 0.15) is 25.3 Å². The number of ether oxygens (including phenoxy) is 1. The third-order valence-corrected chi connectivity index (χ3v) is 4.27. The lowest BCUT2D eigenvalue weighted by molar-refractivity contribution is 0.193. The standard InChI is InChI=1S/C16H25ClN2O/c1-13-5-8-19(9-6-13)10-7-18-12-14-11-15(17)3-4-16(14)20-2/h3-4,11,13,18H,5-10,12H2,1-2H3. The van der Waals surface area contributed by atoms with Crippen LogP contribution in [0.15, 0.2) is 18.2 Å². The molecule has 4 heteroatoms. The highest BCUT2D eigenvalue weighted by molar-refractivity contribution is 6.30. The summed E-state index contributed by atoms with van der Waals surface area (Å²) in [5, 5.41) is 4.24. The van der Waals surface area contributed by atoms with Gasteiger partial charge in [0.25, 0.3) is 0 Å². The molecule has 112 valence electrons. The highest BCUT2D eigenvalue weighted by Gasteiger charge is 2.14. The number of rotatable bonds is 6. The molecule has 1 fully saturated rings. The Bertz CT molecular complexity index is 417. The minimum Gasteiger partial charge on any atom is -0.496 e. The fourth-order valence-corrected chi connectivity index (χ4v) is 2.83. The summed E-state index contributed by atoms with van der Waals surface area (Å²) in [5.74, 6) is 1.80. The zero-order chi connectivity index (χ0) is 14.4. The van der Waals surface area contributed by atoms with E-state index in [9.17, 15) is 0 Å². The average molecular weight is 297 g/mol. The molecule has 1 heterocycles. The Labute approximate surface area is 127 Å². The lowest BCUT2D eigenvalue weighted by atomic mass is 9.99. The lowest BCUT2D eigenvalue weighted by Gasteiger charge is -2.30. The van der Waals surface area contributed by atoms with Gasteiger partial charge in [0.2, 0.25) is 0 Å². The third-order valence-electron chi connectivity index (χ3n) is 4.04. The van der Waals surface area contributed by atoms with Crippen molar-refractivity contribution in [3.05, 3.63) is 28.8 Å². The Morgan fingerprint density at radius 3 is 2.80 bits per heavy atom. The fraction of sp³-hybridized carbons (Fsp3) is 0.625. The molecule has 1 aromatic carbocycles. The number of likely N-dealkylation sites (tertiary alicyclic amines) is 1. The van der Waals surface area contributed by atoms with Gasteiger partial charge >= 0.3 is 0 Å². The first kappa shape index (κ1) is 15.6. The van der Waals surface area contributed by atoms with Crippen LogP contribution in [-0.4, -0.2) is 38.2 Å². The van der Waals surface area contributed by atoms with E-state index >= 15 is 0 Å². The van der Waals surface area contributed by atoms with E-state index in [-0.39, 0.29) is 0 Å². The molecule has 0 aliphatic carbocycles. The van der Waals surface area contributed by atoms with Crippen LogP contribution in [-0.2, 0) is 6.54 Å². The summed E-state index contributed by atoms with van der Waals surface area (Å²) in [4.78, 5) is 2.54. The molecule has 1 aromatic rings. The van der Waals surface area contributed by atoms with Crippen molar-refractivity contribution in [3.8, 4) is 5.75 Å². The van der Waals surface area contributed by atoms with Crippen molar-refractivity contribution in [3.63, 3.8) is 0 Å². The van der Waals surface area contributed by atoms with Crippen molar-refractivity contribution in [2.24, 2.45) is 5.92 Å². The number of hydrogen-bond acceptors (Lipinski definition) is 3. The molecule has 0 radical (unpaired) electrons. The second-order valence-electron chi connectivity index (χ2n) is 5.66. The van der Waals surface area contributed by atoms with Crippen LogP contribution < -0.4 is 10.1 Å². The Hall–Kier alpha value is -0.770. The van der Waals surface area contributed by atoms with Crippen LogP contribution in [0.5, 0.6) is 5.75 Å². The number of piperidine rings is 1. The van der Waals surface area contributed by atoms with Crippen molar-refractivity contribution >= 4 is 11.6 Å². The van der Waals surface area contributed by atoms with Gasteiger partial charge in [-0.05, 0) is 50.0 Å². The Balaban J connectivity index is 1.72. The number of methoxy groups -OCH3 is 1. The summed E-state index contributed by atoms with van der Waals surface area (Å²) in [7, 11) is 1.70. The van der Waals surface area contributed by atoms with Crippen molar-refractivity contribution in [1.82, 2.24) is 10.2 Å². The van der Waals surface area contributed by atoms with Crippen LogP contribution in [0.4, 0.5) is 0 Å². The van der Waals surface area contributed by atoms with Crippen LogP contribution in [0.25, 0.3) is 0 Å². The van der Waals surface area contributed by atoms with E-state index in [4.69, 9.17) is 16.3 Å². The highest BCUT2D eigenvalue weighted by Crippen LogP contribution is 2.22. The predicted molar refractivity (Wildman–Crippen MR) is 84.5 cm³/mol. The second-order valence-corrected chi connectivity index (χ2v) is 6.09. The normalized spacial score (nSPS) is 17.4. The van der Waals surface area contributed by atoms with Crippen LogP contribution >= 0.6 is 11.6 Å². The molecule has 0 saturated carbocycles. The first-order chi connectivity index (χ1) is 9.69. The molecule has 20 heavy (non-hydrogen) atoms. The number of benzene rings is 1. The number of nitrogens with zero attached hydrogens (tertiary/aromatic N) is 1. The van der Waals surface area contributed by atoms with E-state index in [0.29, 0.717) is 0 Å². The summed E-state index contributed by atoms with van der Waals surface area (Å²) in [5.41, 5.74) is 1.12. The summed E-state index contributed by atoms with van der Waals surface area (Å²) in [6, 6.07) is 5.75. The van der Waals surface area contributed by atoms with Crippen molar-refractivity contribution in [2.75, 3.05) is 33.3 Å². The second kappa shape index (κ2) is 7.87. The van der Waals surface area contributed by atoms with Gasteiger partial charge in [-0.1, -0.05) is 18.5 Å². The summed E-state index contributed by atoms with van der Waals surface area (Å²) >= 11 is 6.03. The van der Waals surface area contributed by atoms with Crippen molar-refractivity contribution < 1.29 is 4.74 Å². The smallest absolute Gasteiger partial charge is 0.123 e. The first-order valence-electron chi connectivity index (χ1n) is 7.44. The maximum Gasteiger partial charge on any atom is 0.123 e. The lowest BCUT2D eigenvalue weighted by Crippen LogP contribution is -2.37. The molecule has 1 N–H and O–H groups in total. The number of nitrogens with one attached hydrogen (secondary N) is 1. The predicted octanol–water partition coefficient (Wildman–Crippen LogP) is 3.17. The van der Waals surface area contributed by atoms with Gasteiger partial charge in [-0.3, -0.25) is 0 Å². The van der Waals surface area contributed by atoms with E-state index in [2.05, 4.69) is 17.1 Å². The molecule has 2 rings (SSSR count). The molecule has 1 aliphatic heterocycles. The Morgan fingerprint density at radius 1 is 1.35 bits per heavy atom. The molecular formula is C16H25ClN2O. The molecule has 1 saturated heterocycles. The van der Waals surface area contributed by atoms with Gasteiger partial charge in [0, 0.05) is 30.2 Å². The maximum absolute atomic E-state index is 6.03. The minimum absolute atomic E-state index is 0.757. The number of hydrogen-bond donors (Lipinski definition) is 1. The minimum atomic E-state index is 0.757. The van der Waals surface area contributed by atoms with E-state index in [1.165, 1.54) is 25.9 Å². The molecule has 0 spiro atoms. The van der Waals surface area contributed by atoms with Gasteiger partial charge in [0.15, 0.2) is 0 Å². The molecule has 0 aromatic heterocycles. The third kappa shape index (κ3) is 4.65. The summed E-state index contributed by atoms with van der Waals surface area (Å²) in [6.07, 6.45) is 2.67. The molecule has 3 nitrogen and oxygen atoms in total. The van der Waals surface area contributed by atoms with Crippen LogP contribution in [0, 0.1) is 5.92 Å². The molecule has 0 amide bonds. The van der Waals surface area contributed by atoms with Gasteiger partial charge in [0.1, 0.15) is 5.75 Å². The Kier molecular flexibility index (Phi) is 6.14. The van der Waals surface area contributed by atoms with Crippen molar-refractivity contribution in [1.29, 1.82) is 0 Å². The Morgan fingerprint density at radius 2 is 2.10 bits per heavy atom. The molecule has 1 aliphatic rings. The SMILES string of the molecule is COc1ccc(Cl)cc1CNCCN1CCC(C)CC1. The van der Waals surface area contributed by atoms with Crippen LogP contribution in [0.3, 0.4) is 0 Å². The molecule has 0 bridgehead atoms. The largest absolute Gasteiger partial charge is 0.496 e. The van der Waals surface area contributed by atoms with Gasteiger partial charge in [0.05, 0.1) is 7.11 Å². The van der Waals surface area contributed by atoms with E-state index in [1.54, 1.807) is 7.11 Å². The van der Waals surface area contributed by atoms with E-state index < -0.39 is 0 Å². The van der Waals surface area contributed by atoms with Gasteiger partial charge in [-0.15, -0.1) is 0 Å². The van der Waals surface area contributed by atoms with Gasteiger partial charge < -0.3 is 15.0 Å².